The molecule has 1 aliphatic rings. The molecular formula is C11H13F3. The molecule has 1 rings (SSSR count). The lowest BCUT2D eigenvalue weighted by atomic mass is 9.87. The highest BCUT2D eigenvalue weighted by atomic mass is 19.3. The van der Waals surface area contributed by atoms with E-state index in [1.54, 1.807) is 6.08 Å². The Kier molecular flexibility index (Phi) is 3.19. The molecule has 0 heterocycles. The van der Waals surface area contributed by atoms with Crippen LogP contribution in [0, 0.1) is 5.41 Å². The predicted octanol–water partition coefficient (Wildman–Crippen LogP) is 4.02. The zero-order valence-corrected chi connectivity index (χ0v) is 8.23. The molecule has 1 atom stereocenters. The summed E-state index contributed by atoms with van der Waals surface area (Å²) in [4.78, 5) is 0. The Balaban J connectivity index is 3.03. The van der Waals surface area contributed by atoms with Gasteiger partial charge in [0.2, 0.25) is 0 Å². The molecule has 0 fully saturated rings. The summed E-state index contributed by atoms with van der Waals surface area (Å²) >= 11 is 0. The number of allylic oxidation sites excluding steroid dienone is 6. The highest BCUT2D eigenvalue weighted by molar-refractivity contribution is 5.35. The van der Waals surface area contributed by atoms with Gasteiger partial charge in [0, 0.05) is 11.0 Å². The number of rotatable bonds is 2. The van der Waals surface area contributed by atoms with E-state index in [0.717, 1.165) is 6.08 Å². The highest BCUT2D eigenvalue weighted by Crippen LogP contribution is 2.31. The summed E-state index contributed by atoms with van der Waals surface area (Å²) in [5.74, 6) is -0.588. The largest absolute Gasteiger partial charge is 0.263 e. The van der Waals surface area contributed by atoms with Gasteiger partial charge in [-0.1, -0.05) is 26.0 Å². The summed E-state index contributed by atoms with van der Waals surface area (Å²) in [5.41, 5.74) is -0.729. The number of hydrogen-bond donors (Lipinski definition) is 0. The molecule has 1 aliphatic carbocycles. The molecule has 0 bridgehead atoms. The van der Waals surface area contributed by atoms with Crippen molar-refractivity contribution in [3.05, 3.63) is 35.7 Å². The molecule has 0 aromatic carbocycles. The van der Waals surface area contributed by atoms with E-state index in [1.165, 1.54) is 12.2 Å². The minimum absolute atomic E-state index is 0.268. The summed E-state index contributed by atoms with van der Waals surface area (Å²) in [6, 6.07) is 0. The second kappa shape index (κ2) is 4.03. The molecule has 0 nitrogen and oxygen atoms in total. The standard InChI is InChI=1S/C11H13F3/c1-3-11(2)5-4-8(10(13)14)6-9(12)7-11/h4-7,10H,3H2,1-2H3. The second-order valence-electron chi connectivity index (χ2n) is 3.67. The molecule has 0 amide bonds. The Morgan fingerprint density at radius 2 is 2.07 bits per heavy atom. The Morgan fingerprint density at radius 3 is 2.57 bits per heavy atom. The topological polar surface area (TPSA) is 0 Å². The van der Waals surface area contributed by atoms with Gasteiger partial charge in [0.05, 0.1) is 0 Å². The lowest BCUT2D eigenvalue weighted by molar-refractivity contribution is 0.194. The van der Waals surface area contributed by atoms with Gasteiger partial charge in [-0.2, -0.15) is 0 Å². The van der Waals surface area contributed by atoms with Crippen LogP contribution in [0.5, 0.6) is 0 Å². The number of hydrogen-bond acceptors (Lipinski definition) is 0. The van der Waals surface area contributed by atoms with Gasteiger partial charge in [-0.3, -0.25) is 0 Å². The number of alkyl halides is 2. The lowest BCUT2D eigenvalue weighted by Crippen LogP contribution is -2.07. The Labute approximate surface area is 81.8 Å². The first-order chi connectivity index (χ1) is 6.47. The average molecular weight is 202 g/mol. The van der Waals surface area contributed by atoms with Gasteiger partial charge in [0.1, 0.15) is 5.83 Å². The zero-order valence-electron chi connectivity index (χ0n) is 8.23. The molecule has 0 saturated heterocycles. The molecule has 14 heavy (non-hydrogen) atoms. The van der Waals surface area contributed by atoms with Crippen molar-refractivity contribution in [3.63, 3.8) is 0 Å². The highest BCUT2D eigenvalue weighted by Gasteiger charge is 2.20. The normalized spacial score (nSPS) is 27.3. The fraction of sp³-hybridized carbons (Fsp3) is 0.455. The smallest absolute Gasteiger partial charge is 0.207 e. The van der Waals surface area contributed by atoms with Gasteiger partial charge < -0.3 is 0 Å². The van der Waals surface area contributed by atoms with Crippen LogP contribution < -0.4 is 0 Å². The molecule has 0 aliphatic heterocycles. The predicted molar refractivity (Wildman–Crippen MR) is 50.8 cm³/mol. The van der Waals surface area contributed by atoms with Crippen LogP contribution in [0.3, 0.4) is 0 Å². The Hall–Kier alpha value is -0.990. The van der Waals surface area contributed by atoms with Crippen LogP contribution in [0.25, 0.3) is 0 Å². The van der Waals surface area contributed by atoms with Crippen molar-refractivity contribution >= 4 is 0 Å². The van der Waals surface area contributed by atoms with Crippen LogP contribution in [0.1, 0.15) is 20.3 Å². The summed E-state index contributed by atoms with van der Waals surface area (Å²) in [6.07, 6.45) is 3.25. The summed E-state index contributed by atoms with van der Waals surface area (Å²) in [7, 11) is 0. The van der Waals surface area contributed by atoms with Crippen LogP contribution in [0.15, 0.2) is 35.7 Å². The fourth-order valence-corrected chi connectivity index (χ4v) is 1.25. The van der Waals surface area contributed by atoms with E-state index in [0.29, 0.717) is 6.42 Å². The monoisotopic (exact) mass is 202 g/mol. The molecule has 1 unspecified atom stereocenters. The second-order valence-corrected chi connectivity index (χ2v) is 3.67. The van der Waals surface area contributed by atoms with Crippen LogP contribution in [-0.2, 0) is 0 Å². The maximum Gasteiger partial charge on any atom is 0.263 e. The van der Waals surface area contributed by atoms with Crippen LogP contribution in [0.2, 0.25) is 0 Å². The van der Waals surface area contributed by atoms with E-state index >= 15 is 0 Å². The summed E-state index contributed by atoms with van der Waals surface area (Å²) < 4.78 is 37.8. The molecule has 0 spiro atoms. The first kappa shape index (κ1) is 11.1. The van der Waals surface area contributed by atoms with Crippen LogP contribution in [0.4, 0.5) is 13.2 Å². The SMILES string of the molecule is CCC1(C)C=CC(C(F)F)=CC(F)=C1. The third-order valence-electron chi connectivity index (χ3n) is 2.44. The van der Waals surface area contributed by atoms with E-state index in [9.17, 15) is 13.2 Å². The van der Waals surface area contributed by atoms with Gasteiger partial charge in [-0.05, 0) is 18.6 Å². The molecule has 0 N–H and O–H groups in total. The number of halogens is 3. The van der Waals surface area contributed by atoms with Crippen molar-refractivity contribution in [1.29, 1.82) is 0 Å². The van der Waals surface area contributed by atoms with Crippen molar-refractivity contribution in [2.45, 2.75) is 26.7 Å². The van der Waals surface area contributed by atoms with Crippen molar-refractivity contribution in [1.82, 2.24) is 0 Å². The van der Waals surface area contributed by atoms with E-state index in [4.69, 9.17) is 0 Å². The van der Waals surface area contributed by atoms with E-state index in [2.05, 4.69) is 0 Å². The molecule has 0 radical (unpaired) electrons. The first-order valence-corrected chi connectivity index (χ1v) is 4.54. The third kappa shape index (κ3) is 2.50. The molecule has 78 valence electrons. The van der Waals surface area contributed by atoms with Gasteiger partial charge in [0.25, 0.3) is 6.43 Å². The zero-order chi connectivity index (χ0) is 10.8. The van der Waals surface area contributed by atoms with Crippen LogP contribution >= 0.6 is 0 Å². The lowest BCUT2D eigenvalue weighted by Gasteiger charge is -2.18. The average Bonchev–Trinajstić information content (AvgIpc) is 2.25. The van der Waals surface area contributed by atoms with Crippen LogP contribution in [-0.4, -0.2) is 6.43 Å². The van der Waals surface area contributed by atoms with Crippen molar-refractivity contribution in [2.75, 3.05) is 0 Å². The quantitative estimate of drug-likeness (QED) is 0.634. The molecular weight excluding hydrogens is 189 g/mol. The van der Waals surface area contributed by atoms with Crippen molar-refractivity contribution < 1.29 is 13.2 Å². The van der Waals surface area contributed by atoms with Crippen molar-refractivity contribution in [2.24, 2.45) is 5.41 Å². The molecule has 0 aromatic rings. The summed E-state index contributed by atoms with van der Waals surface area (Å²) in [6.45, 7) is 3.70. The minimum Gasteiger partial charge on any atom is -0.207 e. The third-order valence-corrected chi connectivity index (χ3v) is 2.44. The van der Waals surface area contributed by atoms with E-state index in [-0.39, 0.29) is 5.57 Å². The molecule has 3 heteroatoms. The van der Waals surface area contributed by atoms with Gasteiger partial charge in [-0.25, -0.2) is 13.2 Å². The van der Waals surface area contributed by atoms with E-state index < -0.39 is 17.7 Å². The van der Waals surface area contributed by atoms with Crippen molar-refractivity contribution in [3.8, 4) is 0 Å². The Bertz CT molecular complexity index is 300. The molecule has 0 saturated carbocycles. The minimum atomic E-state index is -2.62. The maximum atomic E-state index is 13.1. The van der Waals surface area contributed by atoms with Gasteiger partial charge in [0.15, 0.2) is 0 Å². The van der Waals surface area contributed by atoms with Gasteiger partial charge >= 0.3 is 0 Å². The Morgan fingerprint density at radius 1 is 1.43 bits per heavy atom. The van der Waals surface area contributed by atoms with Gasteiger partial charge in [-0.15, -0.1) is 0 Å². The fourth-order valence-electron chi connectivity index (χ4n) is 1.25. The first-order valence-electron chi connectivity index (χ1n) is 4.54. The molecule has 0 aromatic heterocycles. The maximum absolute atomic E-state index is 13.1. The summed E-state index contributed by atoms with van der Waals surface area (Å²) in [5, 5.41) is 0. The van der Waals surface area contributed by atoms with E-state index in [1.807, 2.05) is 13.8 Å².